The van der Waals surface area contributed by atoms with Gasteiger partial charge in [-0.3, -0.25) is 5.10 Å². The number of aromatic nitrogens is 2. The van der Waals surface area contributed by atoms with Gasteiger partial charge in [-0.05, 0) is 31.2 Å². The van der Waals surface area contributed by atoms with Gasteiger partial charge in [-0.2, -0.15) is 5.10 Å². The molecule has 0 aliphatic carbocycles. The van der Waals surface area contributed by atoms with Crippen LogP contribution >= 0.6 is 0 Å². The first-order chi connectivity index (χ1) is 9.94. The minimum atomic E-state index is -3.68. The Bertz CT molecular complexity index is 708. The molecule has 2 aromatic rings. The molecule has 7 nitrogen and oxygen atoms in total. The Morgan fingerprint density at radius 2 is 2.00 bits per heavy atom. The van der Waals surface area contributed by atoms with E-state index in [-0.39, 0.29) is 4.90 Å². The first-order valence-corrected chi connectivity index (χ1v) is 7.62. The molecule has 0 saturated carbocycles. The molecule has 2 rings (SSSR count). The normalized spacial score (nSPS) is 12.9. The standard InChI is InChI=1S/C13H15N3O4S/c1-9(11-7-14-15-8-11)16-21(18,19)12-5-3-10(4-6-12)13(17)20-2/h3-9,16H,1-2H3,(H,14,15). The summed E-state index contributed by atoms with van der Waals surface area (Å²) in [4.78, 5) is 11.4. The van der Waals surface area contributed by atoms with Crippen LogP contribution in [0.5, 0.6) is 0 Å². The zero-order valence-corrected chi connectivity index (χ0v) is 12.3. The van der Waals surface area contributed by atoms with Crippen molar-refractivity contribution in [3.8, 4) is 0 Å². The van der Waals surface area contributed by atoms with Gasteiger partial charge in [0.15, 0.2) is 0 Å². The Morgan fingerprint density at radius 1 is 1.33 bits per heavy atom. The van der Waals surface area contributed by atoms with Gasteiger partial charge >= 0.3 is 5.97 Å². The van der Waals surface area contributed by atoms with Crippen LogP contribution in [0.15, 0.2) is 41.6 Å². The predicted octanol–water partition coefficient (Wildman–Crippen LogP) is 1.24. The van der Waals surface area contributed by atoms with Crippen LogP contribution in [0.25, 0.3) is 0 Å². The molecule has 0 aliphatic rings. The van der Waals surface area contributed by atoms with Crippen LogP contribution in [0, 0.1) is 0 Å². The largest absolute Gasteiger partial charge is 0.465 e. The molecule has 112 valence electrons. The number of aromatic amines is 1. The smallest absolute Gasteiger partial charge is 0.337 e. The van der Waals surface area contributed by atoms with Crippen molar-refractivity contribution in [2.24, 2.45) is 0 Å². The molecule has 1 unspecified atom stereocenters. The van der Waals surface area contributed by atoms with Crippen LogP contribution in [0.3, 0.4) is 0 Å². The number of hydrogen-bond acceptors (Lipinski definition) is 5. The highest BCUT2D eigenvalue weighted by Gasteiger charge is 2.19. The number of rotatable bonds is 5. The number of esters is 1. The zero-order valence-electron chi connectivity index (χ0n) is 11.5. The Morgan fingerprint density at radius 3 is 2.52 bits per heavy atom. The fourth-order valence-corrected chi connectivity index (χ4v) is 2.99. The van der Waals surface area contributed by atoms with Crippen LogP contribution in [-0.4, -0.2) is 31.7 Å². The summed E-state index contributed by atoms with van der Waals surface area (Å²) in [6, 6.07) is 5.10. The number of methoxy groups -OCH3 is 1. The van der Waals surface area contributed by atoms with E-state index in [9.17, 15) is 13.2 Å². The number of nitrogens with zero attached hydrogens (tertiary/aromatic N) is 1. The molecule has 0 fully saturated rings. The fraction of sp³-hybridized carbons (Fsp3) is 0.231. The minimum Gasteiger partial charge on any atom is -0.465 e. The van der Waals surface area contributed by atoms with Crippen molar-refractivity contribution in [1.82, 2.24) is 14.9 Å². The Kier molecular flexibility index (Phi) is 4.39. The first kappa shape index (κ1) is 15.2. The molecule has 21 heavy (non-hydrogen) atoms. The average molecular weight is 309 g/mol. The summed E-state index contributed by atoms with van der Waals surface area (Å²) in [5, 5.41) is 6.40. The van der Waals surface area contributed by atoms with E-state index in [0.717, 1.165) is 5.56 Å². The second-order valence-corrected chi connectivity index (χ2v) is 6.10. The number of hydrogen-bond donors (Lipinski definition) is 2. The van der Waals surface area contributed by atoms with Crippen molar-refractivity contribution >= 4 is 16.0 Å². The van der Waals surface area contributed by atoms with Crippen LogP contribution in [0.4, 0.5) is 0 Å². The van der Waals surface area contributed by atoms with E-state index in [2.05, 4.69) is 19.7 Å². The molecule has 2 N–H and O–H groups in total. The predicted molar refractivity (Wildman–Crippen MR) is 75.1 cm³/mol. The molecule has 1 heterocycles. The van der Waals surface area contributed by atoms with Crippen molar-refractivity contribution < 1.29 is 17.9 Å². The highest BCUT2D eigenvalue weighted by molar-refractivity contribution is 7.89. The van der Waals surface area contributed by atoms with Gasteiger partial charge in [-0.15, -0.1) is 0 Å². The molecule has 0 radical (unpaired) electrons. The molecule has 8 heteroatoms. The lowest BCUT2D eigenvalue weighted by atomic mass is 10.2. The quantitative estimate of drug-likeness (QED) is 0.809. The highest BCUT2D eigenvalue weighted by atomic mass is 32.2. The Balaban J connectivity index is 2.18. The van der Waals surface area contributed by atoms with E-state index < -0.39 is 22.0 Å². The number of benzene rings is 1. The molecule has 0 saturated heterocycles. The van der Waals surface area contributed by atoms with E-state index in [4.69, 9.17) is 0 Å². The average Bonchev–Trinajstić information content (AvgIpc) is 3.00. The van der Waals surface area contributed by atoms with Crippen molar-refractivity contribution in [3.63, 3.8) is 0 Å². The van der Waals surface area contributed by atoms with Gasteiger partial charge in [0.25, 0.3) is 0 Å². The SMILES string of the molecule is COC(=O)c1ccc(S(=O)(=O)NC(C)c2cn[nH]c2)cc1. The molecule has 1 aromatic carbocycles. The minimum absolute atomic E-state index is 0.0745. The fourth-order valence-electron chi connectivity index (χ4n) is 1.75. The Hall–Kier alpha value is -2.19. The molecule has 1 atom stereocenters. The van der Waals surface area contributed by atoms with Gasteiger partial charge in [-0.1, -0.05) is 0 Å². The number of carbonyl (C=O) groups excluding carboxylic acids is 1. The van der Waals surface area contributed by atoms with E-state index >= 15 is 0 Å². The van der Waals surface area contributed by atoms with Crippen molar-refractivity contribution in [1.29, 1.82) is 0 Å². The zero-order chi connectivity index (χ0) is 15.5. The highest BCUT2D eigenvalue weighted by Crippen LogP contribution is 2.16. The molecule has 0 aliphatic heterocycles. The Labute approximate surface area is 122 Å². The number of carbonyl (C=O) groups is 1. The number of sulfonamides is 1. The van der Waals surface area contributed by atoms with Gasteiger partial charge in [-0.25, -0.2) is 17.9 Å². The van der Waals surface area contributed by atoms with Crippen molar-refractivity contribution in [2.45, 2.75) is 17.9 Å². The summed E-state index contributed by atoms with van der Waals surface area (Å²) < 4.78 is 31.6. The topological polar surface area (TPSA) is 101 Å². The monoisotopic (exact) mass is 309 g/mol. The van der Waals surface area contributed by atoms with Crippen molar-refractivity contribution in [3.05, 3.63) is 47.8 Å². The van der Waals surface area contributed by atoms with E-state index in [1.807, 2.05) is 0 Å². The van der Waals surface area contributed by atoms with Crippen LogP contribution in [-0.2, 0) is 14.8 Å². The third-order valence-corrected chi connectivity index (χ3v) is 4.49. The third kappa shape index (κ3) is 3.47. The maximum absolute atomic E-state index is 12.2. The summed E-state index contributed by atoms with van der Waals surface area (Å²) in [7, 11) is -2.41. The van der Waals surface area contributed by atoms with Crippen LogP contribution < -0.4 is 4.72 Å². The molecular formula is C13H15N3O4S. The van der Waals surface area contributed by atoms with Crippen LogP contribution in [0.2, 0.25) is 0 Å². The summed E-state index contributed by atoms with van der Waals surface area (Å²) in [5.74, 6) is -0.515. The summed E-state index contributed by atoms with van der Waals surface area (Å²) in [6.07, 6.45) is 3.17. The summed E-state index contributed by atoms with van der Waals surface area (Å²) >= 11 is 0. The lowest BCUT2D eigenvalue weighted by Crippen LogP contribution is -2.26. The van der Waals surface area contributed by atoms with Gasteiger partial charge in [0.05, 0.1) is 23.8 Å². The number of H-pyrrole nitrogens is 1. The van der Waals surface area contributed by atoms with Gasteiger partial charge in [0.2, 0.25) is 10.0 Å². The molecule has 0 spiro atoms. The molecule has 0 amide bonds. The van der Waals surface area contributed by atoms with Gasteiger partial charge in [0, 0.05) is 17.8 Å². The molecule has 0 bridgehead atoms. The van der Waals surface area contributed by atoms with E-state index in [1.54, 1.807) is 19.3 Å². The first-order valence-electron chi connectivity index (χ1n) is 6.13. The second kappa shape index (κ2) is 6.06. The summed E-state index contributed by atoms with van der Waals surface area (Å²) in [5.41, 5.74) is 1.02. The van der Waals surface area contributed by atoms with Gasteiger partial charge < -0.3 is 4.74 Å². The maximum atomic E-state index is 12.2. The lowest BCUT2D eigenvalue weighted by Gasteiger charge is -2.12. The number of nitrogens with one attached hydrogen (secondary N) is 2. The van der Waals surface area contributed by atoms with E-state index in [1.165, 1.54) is 31.4 Å². The molecule has 1 aromatic heterocycles. The van der Waals surface area contributed by atoms with Crippen LogP contribution in [0.1, 0.15) is 28.9 Å². The summed E-state index contributed by atoms with van der Waals surface area (Å²) in [6.45, 7) is 1.71. The third-order valence-electron chi connectivity index (χ3n) is 2.94. The lowest BCUT2D eigenvalue weighted by molar-refractivity contribution is 0.0600. The van der Waals surface area contributed by atoms with Gasteiger partial charge in [0.1, 0.15) is 0 Å². The van der Waals surface area contributed by atoms with Crippen molar-refractivity contribution in [2.75, 3.05) is 7.11 Å². The van der Waals surface area contributed by atoms with E-state index in [0.29, 0.717) is 5.56 Å². The number of ether oxygens (including phenoxy) is 1. The maximum Gasteiger partial charge on any atom is 0.337 e. The second-order valence-electron chi connectivity index (χ2n) is 4.39. The molecular weight excluding hydrogens is 294 g/mol.